The Morgan fingerprint density at radius 2 is 2.12 bits per heavy atom. The van der Waals surface area contributed by atoms with Crippen molar-refractivity contribution >= 4 is 33.0 Å². The molecule has 0 spiro atoms. The highest BCUT2D eigenvalue weighted by Gasteiger charge is 2.05. The zero-order valence-corrected chi connectivity index (χ0v) is 11.2. The van der Waals surface area contributed by atoms with E-state index in [0.29, 0.717) is 17.1 Å². The van der Waals surface area contributed by atoms with Gasteiger partial charge in [0.2, 0.25) is 0 Å². The van der Waals surface area contributed by atoms with Gasteiger partial charge < -0.3 is 5.11 Å². The standard InChI is InChI=1S/C11H14ClNO3S/c1-17(2,16)13-9-5-3-8(10(12)7-9)4-6-11(14)15/h3,5,7H,4,6H2,1-2H3,(H,14,15). The van der Waals surface area contributed by atoms with E-state index in [2.05, 4.69) is 4.36 Å². The van der Waals surface area contributed by atoms with E-state index in [1.807, 2.05) is 0 Å². The molecule has 0 saturated carbocycles. The van der Waals surface area contributed by atoms with Gasteiger partial charge in [-0.05, 0) is 24.1 Å². The molecule has 0 aliphatic rings. The molecule has 0 radical (unpaired) electrons. The molecule has 0 aliphatic heterocycles. The van der Waals surface area contributed by atoms with Crippen molar-refractivity contribution in [2.45, 2.75) is 12.8 Å². The van der Waals surface area contributed by atoms with Crippen molar-refractivity contribution in [1.29, 1.82) is 0 Å². The average Bonchev–Trinajstić information content (AvgIpc) is 2.13. The molecule has 1 aromatic rings. The maximum atomic E-state index is 11.5. The summed E-state index contributed by atoms with van der Waals surface area (Å²) in [6, 6.07) is 5.01. The lowest BCUT2D eigenvalue weighted by molar-refractivity contribution is -0.136. The van der Waals surface area contributed by atoms with Crippen molar-refractivity contribution in [2.75, 3.05) is 12.5 Å². The van der Waals surface area contributed by atoms with Crippen LogP contribution in [0.5, 0.6) is 0 Å². The molecule has 94 valence electrons. The van der Waals surface area contributed by atoms with Crippen LogP contribution in [-0.4, -0.2) is 27.8 Å². The molecule has 6 heteroatoms. The second kappa shape index (κ2) is 5.51. The predicted octanol–water partition coefficient (Wildman–Crippen LogP) is 2.72. The molecular formula is C11H14ClNO3S. The van der Waals surface area contributed by atoms with Crippen molar-refractivity contribution in [3.63, 3.8) is 0 Å². The van der Waals surface area contributed by atoms with Crippen LogP contribution < -0.4 is 0 Å². The normalized spacial score (nSPS) is 11.2. The third-order valence-electron chi connectivity index (χ3n) is 1.97. The Labute approximate surface area is 106 Å². The Morgan fingerprint density at radius 3 is 2.59 bits per heavy atom. The third-order valence-corrected chi connectivity index (χ3v) is 2.97. The quantitative estimate of drug-likeness (QED) is 0.919. The van der Waals surface area contributed by atoms with Crippen LogP contribution in [0.3, 0.4) is 0 Å². The Hall–Kier alpha value is -1.07. The minimum absolute atomic E-state index is 0.0362. The molecule has 1 aromatic carbocycles. The van der Waals surface area contributed by atoms with Crippen LogP contribution in [0.2, 0.25) is 5.02 Å². The number of halogens is 1. The van der Waals surface area contributed by atoms with Gasteiger partial charge >= 0.3 is 5.97 Å². The number of nitrogens with zero attached hydrogens (tertiary/aromatic N) is 1. The van der Waals surface area contributed by atoms with Crippen molar-refractivity contribution in [1.82, 2.24) is 0 Å². The van der Waals surface area contributed by atoms with E-state index in [4.69, 9.17) is 16.7 Å². The Kier molecular flexibility index (Phi) is 4.54. The van der Waals surface area contributed by atoms with Crippen molar-refractivity contribution in [3.05, 3.63) is 28.8 Å². The highest BCUT2D eigenvalue weighted by atomic mass is 35.5. The number of carboxylic acids is 1. The lowest BCUT2D eigenvalue weighted by Crippen LogP contribution is -1.97. The van der Waals surface area contributed by atoms with E-state index in [1.165, 1.54) is 0 Å². The van der Waals surface area contributed by atoms with Gasteiger partial charge in [0.15, 0.2) is 0 Å². The number of rotatable bonds is 4. The molecule has 0 heterocycles. The first-order valence-electron chi connectivity index (χ1n) is 4.95. The first kappa shape index (κ1) is 14.0. The van der Waals surface area contributed by atoms with Crippen LogP contribution in [-0.2, 0) is 20.9 Å². The molecule has 0 aromatic heterocycles. The van der Waals surface area contributed by atoms with Gasteiger partial charge in [-0.2, -0.15) is 4.36 Å². The van der Waals surface area contributed by atoms with Crippen molar-refractivity contribution in [2.24, 2.45) is 4.36 Å². The van der Waals surface area contributed by atoms with E-state index in [0.717, 1.165) is 5.56 Å². The maximum Gasteiger partial charge on any atom is 0.303 e. The van der Waals surface area contributed by atoms with Gasteiger partial charge in [-0.1, -0.05) is 17.7 Å². The van der Waals surface area contributed by atoms with E-state index in [1.54, 1.807) is 30.7 Å². The van der Waals surface area contributed by atoms with Gasteiger partial charge in [0, 0.05) is 33.7 Å². The van der Waals surface area contributed by atoms with E-state index < -0.39 is 15.7 Å². The maximum absolute atomic E-state index is 11.5. The highest BCUT2D eigenvalue weighted by molar-refractivity contribution is 7.92. The molecule has 0 amide bonds. The first-order valence-corrected chi connectivity index (χ1v) is 7.66. The van der Waals surface area contributed by atoms with Gasteiger partial charge in [0.05, 0.1) is 5.69 Å². The molecule has 4 nitrogen and oxygen atoms in total. The van der Waals surface area contributed by atoms with Crippen LogP contribution in [0.25, 0.3) is 0 Å². The summed E-state index contributed by atoms with van der Waals surface area (Å²) in [4.78, 5) is 10.4. The monoisotopic (exact) mass is 275 g/mol. The van der Waals surface area contributed by atoms with Crippen LogP contribution in [0.15, 0.2) is 22.6 Å². The fourth-order valence-corrected chi connectivity index (χ4v) is 2.18. The summed E-state index contributed by atoms with van der Waals surface area (Å²) in [5.41, 5.74) is 1.30. The fraction of sp³-hybridized carbons (Fsp3) is 0.364. The largest absolute Gasteiger partial charge is 0.481 e. The predicted molar refractivity (Wildman–Crippen MR) is 69.5 cm³/mol. The van der Waals surface area contributed by atoms with Crippen LogP contribution in [0.1, 0.15) is 12.0 Å². The molecule has 1 rings (SSSR count). The third kappa shape index (κ3) is 5.19. The second-order valence-electron chi connectivity index (χ2n) is 3.94. The van der Waals surface area contributed by atoms with E-state index >= 15 is 0 Å². The second-order valence-corrected chi connectivity index (χ2v) is 6.89. The number of benzene rings is 1. The molecule has 0 saturated heterocycles. The summed E-state index contributed by atoms with van der Waals surface area (Å²) < 4.78 is 15.5. The smallest absolute Gasteiger partial charge is 0.303 e. The van der Waals surface area contributed by atoms with Gasteiger partial charge in [-0.15, -0.1) is 0 Å². The SMILES string of the molecule is CS(C)(=O)=Nc1ccc(CCC(=O)O)c(Cl)c1. The number of hydrogen-bond donors (Lipinski definition) is 1. The molecule has 0 atom stereocenters. The lowest BCUT2D eigenvalue weighted by atomic mass is 10.1. The van der Waals surface area contributed by atoms with Gasteiger partial charge in [-0.25, -0.2) is 4.21 Å². The summed E-state index contributed by atoms with van der Waals surface area (Å²) in [6.45, 7) is 0. The van der Waals surface area contributed by atoms with E-state index in [9.17, 15) is 9.00 Å². The molecule has 1 N–H and O–H groups in total. The lowest BCUT2D eigenvalue weighted by Gasteiger charge is -2.04. The summed E-state index contributed by atoms with van der Waals surface area (Å²) in [7, 11) is -2.21. The molecule has 0 bridgehead atoms. The molecular weight excluding hydrogens is 262 g/mol. The average molecular weight is 276 g/mol. The van der Waals surface area contributed by atoms with Crippen LogP contribution >= 0.6 is 11.6 Å². The zero-order valence-electron chi connectivity index (χ0n) is 9.64. The number of carboxylic acid groups (broad SMARTS) is 1. The van der Waals surface area contributed by atoms with Crippen LogP contribution in [0.4, 0.5) is 5.69 Å². The van der Waals surface area contributed by atoms with Gasteiger partial charge in [0.25, 0.3) is 0 Å². The summed E-state index contributed by atoms with van der Waals surface area (Å²) in [5.74, 6) is -0.861. The minimum Gasteiger partial charge on any atom is -0.481 e. The molecule has 0 unspecified atom stereocenters. The number of aliphatic carboxylic acids is 1. The molecule has 0 fully saturated rings. The molecule has 0 aliphatic carbocycles. The molecule has 17 heavy (non-hydrogen) atoms. The minimum atomic E-state index is -2.21. The Morgan fingerprint density at radius 1 is 1.47 bits per heavy atom. The number of hydrogen-bond acceptors (Lipinski definition) is 3. The summed E-state index contributed by atoms with van der Waals surface area (Å²) in [6.07, 6.45) is 3.50. The van der Waals surface area contributed by atoms with E-state index in [-0.39, 0.29) is 6.42 Å². The summed E-state index contributed by atoms with van der Waals surface area (Å²) in [5, 5.41) is 9.03. The Bertz CT molecular complexity index is 540. The zero-order chi connectivity index (χ0) is 13.1. The summed E-state index contributed by atoms with van der Waals surface area (Å²) >= 11 is 6.00. The first-order chi connectivity index (χ1) is 7.78. The van der Waals surface area contributed by atoms with Crippen molar-refractivity contribution in [3.8, 4) is 0 Å². The van der Waals surface area contributed by atoms with Gasteiger partial charge in [0.1, 0.15) is 0 Å². The van der Waals surface area contributed by atoms with Crippen molar-refractivity contribution < 1.29 is 14.1 Å². The van der Waals surface area contributed by atoms with Crippen LogP contribution in [0, 0.1) is 0 Å². The number of aryl methyl sites for hydroxylation is 1. The topological polar surface area (TPSA) is 66.7 Å². The van der Waals surface area contributed by atoms with Gasteiger partial charge in [-0.3, -0.25) is 4.79 Å². The highest BCUT2D eigenvalue weighted by Crippen LogP contribution is 2.24. The number of carbonyl (C=O) groups is 1. The fourth-order valence-electron chi connectivity index (χ4n) is 1.29. The Balaban J connectivity index is 2.94.